The van der Waals surface area contributed by atoms with Crippen LogP contribution in [0.15, 0.2) is 48.0 Å². The second-order valence-corrected chi connectivity index (χ2v) is 8.52. The fourth-order valence-electron chi connectivity index (χ4n) is 4.05. The summed E-state index contributed by atoms with van der Waals surface area (Å²) in [6.45, 7) is 3.94. The topological polar surface area (TPSA) is 89.9 Å². The van der Waals surface area contributed by atoms with Crippen LogP contribution in [-0.2, 0) is 9.59 Å². The lowest BCUT2D eigenvalue weighted by Gasteiger charge is -2.27. The van der Waals surface area contributed by atoms with Gasteiger partial charge in [0.05, 0.1) is 15.7 Å². The summed E-state index contributed by atoms with van der Waals surface area (Å²) in [6.07, 6.45) is 1.46. The molecule has 1 saturated heterocycles. The molecular weight excluding hydrogens is 481 g/mol. The van der Waals surface area contributed by atoms with Crippen molar-refractivity contribution in [3.63, 3.8) is 0 Å². The van der Waals surface area contributed by atoms with Gasteiger partial charge in [-0.05, 0) is 55.8 Å². The van der Waals surface area contributed by atoms with Gasteiger partial charge in [0, 0.05) is 23.1 Å². The van der Waals surface area contributed by atoms with Gasteiger partial charge >= 0.3 is 6.03 Å². The van der Waals surface area contributed by atoms with Crippen LogP contribution in [0.25, 0.3) is 11.8 Å². The number of amides is 4. The Labute approximate surface area is 204 Å². The number of benzene rings is 2. The summed E-state index contributed by atoms with van der Waals surface area (Å²) < 4.78 is 12.8. The highest BCUT2D eigenvalue weighted by molar-refractivity contribution is 6.46. The molecule has 172 valence electrons. The molecule has 2 aliphatic rings. The molecule has 10 heteroatoms. The van der Waals surface area contributed by atoms with Crippen molar-refractivity contribution < 1.29 is 23.9 Å². The van der Waals surface area contributed by atoms with Crippen LogP contribution in [0, 0.1) is 13.8 Å². The summed E-state index contributed by atoms with van der Waals surface area (Å²) in [7, 11) is 0. The third-order valence-electron chi connectivity index (χ3n) is 5.66. The van der Waals surface area contributed by atoms with Gasteiger partial charge in [-0.2, -0.15) is 0 Å². The smallest absolute Gasteiger partial charge is 0.336 e. The Kier molecular flexibility index (Phi) is 5.34. The van der Waals surface area contributed by atoms with E-state index in [4.69, 9.17) is 32.7 Å². The minimum atomic E-state index is -0.901. The molecule has 0 atom stereocenters. The quantitative estimate of drug-likeness (QED) is 0.414. The third-order valence-corrected chi connectivity index (χ3v) is 6.47. The van der Waals surface area contributed by atoms with Crippen molar-refractivity contribution in [3.8, 4) is 17.2 Å². The molecule has 0 radical (unpaired) electrons. The maximum absolute atomic E-state index is 13.3. The molecule has 0 aliphatic carbocycles. The van der Waals surface area contributed by atoms with E-state index in [1.165, 1.54) is 18.2 Å². The molecule has 3 heterocycles. The molecule has 0 spiro atoms. The zero-order valence-electron chi connectivity index (χ0n) is 18.0. The van der Waals surface area contributed by atoms with Crippen LogP contribution in [0.4, 0.5) is 10.5 Å². The Morgan fingerprint density at radius 1 is 1.00 bits per heavy atom. The van der Waals surface area contributed by atoms with Crippen LogP contribution in [0.5, 0.6) is 11.5 Å². The number of barbiturate groups is 1. The fraction of sp³-hybridized carbons (Fsp3) is 0.125. The Bertz CT molecular complexity index is 1430. The number of hydrogen-bond donors (Lipinski definition) is 1. The van der Waals surface area contributed by atoms with Crippen LogP contribution in [-0.4, -0.2) is 29.2 Å². The molecule has 3 aromatic rings. The SMILES string of the molecule is Cc1cc(/C=C2\C(=O)NC(=O)N(c3cccc(Cl)c3Cl)C2=O)c(C)n1-c1ccc2c(c1)OCO2. The maximum Gasteiger partial charge on any atom is 0.336 e. The second-order valence-electron chi connectivity index (χ2n) is 7.73. The third kappa shape index (κ3) is 3.52. The number of urea groups is 1. The first-order valence-electron chi connectivity index (χ1n) is 10.2. The van der Waals surface area contributed by atoms with Crippen LogP contribution in [0.2, 0.25) is 10.0 Å². The lowest BCUT2D eigenvalue weighted by molar-refractivity contribution is -0.122. The summed E-state index contributed by atoms with van der Waals surface area (Å²) in [5, 5.41) is 2.40. The van der Waals surface area contributed by atoms with Gasteiger partial charge in [-0.3, -0.25) is 14.9 Å². The zero-order chi connectivity index (χ0) is 24.1. The maximum atomic E-state index is 13.3. The number of aryl methyl sites for hydroxylation is 1. The molecule has 1 aromatic heterocycles. The molecule has 2 aromatic carbocycles. The number of hydrogen-bond acceptors (Lipinski definition) is 5. The first-order chi connectivity index (χ1) is 16.3. The number of anilines is 1. The van der Waals surface area contributed by atoms with Crippen LogP contribution in [0.1, 0.15) is 17.0 Å². The largest absolute Gasteiger partial charge is 0.454 e. The van der Waals surface area contributed by atoms with Crippen molar-refractivity contribution in [2.45, 2.75) is 13.8 Å². The summed E-state index contributed by atoms with van der Waals surface area (Å²) in [6, 6.07) is 11.1. The van der Waals surface area contributed by atoms with E-state index in [1.807, 2.05) is 42.7 Å². The van der Waals surface area contributed by atoms with Gasteiger partial charge in [-0.15, -0.1) is 0 Å². The van der Waals surface area contributed by atoms with Gasteiger partial charge in [-0.1, -0.05) is 29.3 Å². The van der Waals surface area contributed by atoms with Crippen LogP contribution in [0.3, 0.4) is 0 Å². The number of imide groups is 2. The molecule has 2 aliphatic heterocycles. The molecule has 0 saturated carbocycles. The van der Waals surface area contributed by atoms with E-state index in [0.29, 0.717) is 17.1 Å². The van der Waals surface area contributed by atoms with E-state index in [0.717, 1.165) is 22.0 Å². The van der Waals surface area contributed by atoms with E-state index in [2.05, 4.69) is 5.32 Å². The Morgan fingerprint density at radius 2 is 1.76 bits per heavy atom. The summed E-state index contributed by atoms with van der Waals surface area (Å²) in [5.74, 6) is -0.287. The van der Waals surface area contributed by atoms with Gasteiger partial charge in [0.15, 0.2) is 11.5 Å². The molecule has 4 amide bonds. The predicted molar refractivity (Wildman–Crippen MR) is 127 cm³/mol. The molecule has 8 nitrogen and oxygen atoms in total. The normalized spacial score (nSPS) is 16.4. The highest BCUT2D eigenvalue weighted by Gasteiger charge is 2.38. The van der Waals surface area contributed by atoms with Gasteiger partial charge in [0.2, 0.25) is 6.79 Å². The minimum Gasteiger partial charge on any atom is -0.454 e. The minimum absolute atomic E-state index is 0.0300. The number of rotatable bonds is 3. The molecule has 5 rings (SSSR count). The number of carbonyl (C=O) groups excluding carboxylic acids is 3. The molecule has 0 bridgehead atoms. The highest BCUT2D eigenvalue weighted by atomic mass is 35.5. The summed E-state index contributed by atoms with van der Waals surface area (Å²) in [4.78, 5) is 39.2. The van der Waals surface area contributed by atoms with E-state index < -0.39 is 17.8 Å². The summed E-state index contributed by atoms with van der Waals surface area (Å²) in [5.41, 5.74) is 3.01. The van der Waals surface area contributed by atoms with E-state index in [-0.39, 0.29) is 28.1 Å². The lowest BCUT2D eigenvalue weighted by Crippen LogP contribution is -2.54. The zero-order valence-corrected chi connectivity index (χ0v) is 19.5. The molecule has 1 N–H and O–H groups in total. The highest BCUT2D eigenvalue weighted by Crippen LogP contribution is 2.36. The number of halogens is 2. The van der Waals surface area contributed by atoms with Gasteiger partial charge < -0.3 is 14.0 Å². The molecule has 0 unspecified atom stereocenters. The van der Waals surface area contributed by atoms with E-state index in [1.54, 1.807) is 6.07 Å². The van der Waals surface area contributed by atoms with Gasteiger partial charge in [0.1, 0.15) is 5.57 Å². The van der Waals surface area contributed by atoms with Gasteiger partial charge in [-0.25, -0.2) is 9.69 Å². The van der Waals surface area contributed by atoms with Crippen LogP contribution < -0.4 is 19.7 Å². The van der Waals surface area contributed by atoms with Crippen molar-refractivity contribution in [1.29, 1.82) is 0 Å². The Morgan fingerprint density at radius 3 is 2.56 bits per heavy atom. The number of nitrogens with one attached hydrogen (secondary N) is 1. The number of nitrogens with zero attached hydrogens (tertiary/aromatic N) is 2. The summed E-state index contributed by atoms with van der Waals surface area (Å²) >= 11 is 12.3. The monoisotopic (exact) mass is 497 g/mol. The molecular formula is C24H17Cl2N3O5. The average molecular weight is 498 g/mol. The fourth-order valence-corrected chi connectivity index (χ4v) is 4.43. The van der Waals surface area contributed by atoms with Crippen molar-refractivity contribution in [3.05, 3.63) is 75.0 Å². The standard InChI is InChI=1S/C24H17Cl2N3O5/c1-12-8-14(13(2)28(12)15-6-7-19-20(10-15)34-11-33-19)9-16-22(30)27-24(32)29(23(16)31)18-5-3-4-17(25)21(18)26/h3-10H,11H2,1-2H3,(H,27,30,32)/b16-9+. The predicted octanol–water partition coefficient (Wildman–Crippen LogP) is 4.80. The number of fused-ring (bicyclic) bond motifs is 1. The van der Waals surface area contributed by atoms with Gasteiger partial charge in [0.25, 0.3) is 11.8 Å². The first-order valence-corrected chi connectivity index (χ1v) is 11.0. The van der Waals surface area contributed by atoms with Crippen molar-refractivity contribution in [2.24, 2.45) is 0 Å². The van der Waals surface area contributed by atoms with Crippen molar-refractivity contribution in [2.75, 3.05) is 11.7 Å². The lowest BCUT2D eigenvalue weighted by atomic mass is 10.1. The molecule has 1 fully saturated rings. The van der Waals surface area contributed by atoms with Crippen molar-refractivity contribution in [1.82, 2.24) is 9.88 Å². The average Bonchev–Trinajstić information content (AvgIpc) is 3.37. The Balaban J connectivity index is 1.56. The number of carbonyl (C=O) groups is 3. The molecule has 34 heavy (non-hydrogen) atoms. The Hall–Kier alpha value is -3.75. The number of aromatic nitrogens is 1. The first kappa shape index (κ1) is 22.1. The second kappa shape index (κ2) is 8.23. The van der Waals surface area contributed by atoms with E-state index in [9.17, 15) is 14.4 Å². The van der Waals surface area contributed by atoms with Crippen molar-refractivity contribution >= 4 is 52.8 Å². The van der Waals surface area contributed by atoms with Crippen LogP contribution >= 0.6 is 23.2 Å². The number of ether oxygens (including phenoxy) is 2. The van der Waals surface area contributed by atoms with E-state index >= 15 is 0 Å².